The van der Waals surface area contributed by atoms with Gasteiger partial charge in [-0.2, -0.15) is 0 Å². The molecule has 3 amide bonds. The fourth-order valence-corrected chi connectivity index (χ4v) is 3.77. The van der Waals surface area contributed by atoms with Crippen molar-refractivity contribution in [1.82, 2.24) is 19.7 Å². The van der Waals surface area contributed by atoms with Gasteiger partial charge in [-0.25, -0.2) is 4.39 Å². The van der Waals surface area contributed by atoms with Crippen molar-refractivity contribution in [1.29, 1.82) is 0 Å². The predicted octanol–water partition coefficient (Wildman–Crippen LogP) is 2.29. The molecule has 0 bridgehead atoms. The third-order valence-electron chi connectivity index (χ3n) is 5.32. The van der Waals surface area contributed by atoms with Crippen LogP contribution in [0.2, 0.25) is 0 Å². The third kappa shape index (κ3) is 4.03. The monoisotopic (exact) mass is 399 g/mol. The van der Waals surface area contributed by atoms with Crippen molar-refractivity contribution in [2.45, 2.75) is 51.5 Å². The largest absolute Gasteiger partial charge is 0.326 e. The zero-order chi connectivity index (χ0) is 20.4. The van der Waals surface area contributed by atoms with Crippen LogP contribution < -0.4 is 5.32 Å². The van der Waals surface area contributed by atoms with Gasteiger partial charge in [-0.05, 0) is 31.0 Å². The van der Waals surface area contributed by atoms with E-state index in [1.807, 2.05) is 4.57 Å². The van der Waals surface area contributed by atoms with Gasteiger partial charge < -0.3 is 9.88 Å². The minimum absolute atomic E-state index is 0.00940. The highest BCUT2D eigenvalue weighted by Crippen LogP contribution is 2.27. The number of likely N-dealkylation sites (tertiary alicyclic amines) is 1. The fourth-order valence-electron chi connectivity index (χ4n) is 3.77. The highest BCUT2D eigenvalue weighted by atomic mass is 19.1. The van der Waals surface area contributed by atoms with Crippen molar-refractivity contribution < 1.29 is 18.8 Å². The normalized spacial score (nSPS) is 16.7. The number of benzene rings is 1. The first-order chi connectivity index (χ1) is 14.0. The van der Waals surface area contributed by atoms with E-state index < -0.39 is 5.82 Å². The smallest absolute Gasteiger partial charge is 0.229 e. The predicted molar refractivity (Wildman–Crippen MR) is 102 cm³/mol. The lowest BCUT2D eigenvalue weighted by molar-refractivity contribution is -0.138. The highest BCUT2D eigenvalue weighted by molar-refractivity contribution is 6.02. The summed E-state index contributed by atoms with van der Waals surface area (Å²) >= 11 is 0. The van der Waals surface area contributed by atoms with E-state index in [0.29, 0.717) is 11.5 Å². The quantitative estimate of drug-likeness (QED) is 0.778. The van der Waals surface area contributed by atoms with Gasteiger partial charge >= 0.3 is 0 Å². The molecule has 0 aliphatic carbocycles. The van der Waals surface area contributed by atoms with Crippen molar-refractivity contribution in [3.05, 3.63) is 29.8 Å². The number of rotatable bonds is 5. The van der Waals surface area contributed by atoms with Gasteiger partial charge in [0.1, 0.15) is 11.6 Å². The van der Waals surface area contributed by atoms with E-state index in [9.17, 15) is 18.8 Å². The minimum Gasteiger partial charge on any atom is -0.326 e. The van der Waals surface area contributed by atoms with Crippen LogP contribution in [-0.2, 0) is 27.3 Å². The van der Waals surface area contributed by atoms with E-state index in [1.165, 1.54) is 12.1 Å². The number of carbonyl (C=O) groups is 3. The molecule has 2 aromatic rings. The van der Waals surface area contributed by atoms with Crippen LogP contribution in [0.5, 0.6) is 0 Å². The summed E-state index contributed by atoms with van der Waals surface area (Å²) in [4.78, 5) is 36.6. The maximum Gasteiger partial charge on any atom is 0.229 e. The Labute approximate surface area is 167 Å². The van der Waals surface area contributed by atoms with Crippen LogP contribution in [0.1, 0.15) is 44.3 Å². The number of imide groups is 1. The Morgan fingerprint density at radius 1 is 1.07 bits per heavy atom. The summed E-state index contributed by atoms with van der Waals surface area (Å²) in [5.41, 5.74) is 0.713. The average Bonchev–Trinajstić information content (AvgIpc) is 3.15. The number of amides is 3. The second kappa shape index (κ2) is 8.10. The fraction of sp³-hybridized carbons (Fsp3) is 0.450. The van der Waals surface area contributed by atoms with E-state index >= 15 is 0 Å². The van der Waals surface area contributed by atoms with Gasteiger partial charge in [-0.1, -0.05) is 6.42 Å². The van der Waals surface area contributed by atoms with Crippen LogP contribution in [-0.4, -0.2) is 43.9 Å². The number of nitrogens with zero attached hydrogens (tertiary/aromatic N) is 4. The summed E-state index contributed by atoms with van der Waals surface area (Å²) < 4.78 is 16.5. The molecular weight excluding hydrogens is 377 g/mol. The van der Waals surface area contributed by atoms with Gasteiger partial charge in [-0.3, -0.25) is 19.3 Å². The summed E-state index contributed by atoms with van der Waals surface area (Å²) in [6.45, 7) is 0.792. The van der Waals surface area contributed by atoms with Crippen LogP contribution in [0.25, 0.3) is 11.4 Å². The number of aromatic nitrogens is 3. The van der Waals surface area contributed by atoms with Crippen LogP contribution >= 0.6 is 0 Å². The van der Waals surface area contributed by atoms with Crippen LogP contribution in [0.4, 0.5) is 10.1 Å². The van der Waals surface area contributed by atoms with Crippen molar-refractivity contribution in [2.24, 2.45) is 0 Å². The molecule has 0 spiro atoms. The van der Waals surface area contributed by atoms with Gasteiger partial charge in [0.15, 0.2) is 5.82 Å². The number of fused-ring (bicyclic) bond motifs is 1. The van der Waals surface area contributed by atoms with Crippen LogP contribution in [0.15, 0.2) is 18.2 Å². The van der Waals surface area contributed by atoms with Crippen LogP contribution in [0.3, 0.4) is 0 Å². The molecule has 1 saturated heterocycles. The molecule has 1 aromatic carbocycles. The molecule has 1 aromatic heterocycles. The summed E-state index contributed by atoms with van der Waals surface area (Å²) in [5.74, 6) is 0.0274. The molecule has 9 heteroatoms. The van der Waals surface area contributed by atoms with E-state index in [4.69, 9.17) is 0 Å². The molecule has 1 fully saturated rings. The lowest BCUT2D eigenvalue weighted by Gasteiger charge is -2.14. The van der Waals surface area contributed by atoms with Crippen molar-refractivity contribution in [3.8, 4) is 11.4 Å². The summed E-state index contributed by atoms with van der Waals surface area (Å²) in [7, 11) is 0. The number of nitrogens with one attached hydrogen (secondary N) is 1. The lowest BCUT2D eigenvalue weighted by atomic mass is 10.1. The highest BCUT2D eigenvalue weighted by Gasteiger charge is 2.28. The summed E-state index contributed by atoms with van der Waals surface area (Å²) in [6, 6.07) is 4.31. The number of hydrogen-bond donors (Lipinski definition) is 1. The first kappa shape index (κ1) is 19.2. The molecule has 0 unspecified atom stereocenters. The summed E-state index contributed by atoms with van der Waals surface area (Å²) in [5, 5.41) is 11.1. The van der Waals surface area contributed by atoms with E-state index in [2.05, 4.69) is 15.5 Å². The SMILES string of the molecule is O=C(CCN1C(=O)CCC1=O)Nc1ccc(F)c(-c2nnc3n2CCCCC3)c1. The van der Waals surface area contributed by atoms with Gasteiger partial charge in [0, 0.05) is 44.5 Å². The maximum absolute atomic E-state index is 14.5. The molecule has 2 aliphatic heterocycles. The number of hydrogen-bond acceptors (Lipinski definition) is 5. The molecule has 0 radical (unpaired) electrons. The second-order valence-electron chi connectivity index (χ2n) is 7.33. The standard InChI is InChI=1S/C20H22FN5O3/c21-15-6-5-13(22-17(27)9-11-26-18(28)7-8-19(26)29)12-14(15)20-24-23-16-4-2-1-3-10-25(16)20/h5-6,12H,1-4,7-11H2,(H,22,27). The molecule has 152 valence electrons. The number of halogens is 1. The third-order valence-corrected chi connectivity index (χ3v) is 5.32. The first-order valence-electron chi connectivity index (χ1n) is 9.88. The molecular formula is C20H22FN5O3. The van der Waals surface area contributed by atoms with Gasteiger partial charge in [0.25, 0.3) is 0 Å². The van der Waals surface area contributed by atoms with Crippen molar-refractivity contribution in [2.75, 3.05) is 11.9 Å². The molecule has 0 saturated carbocycles. The number of aryl methyl sites for hydroxylation is 1. The summed E-state index contributed by atoms with van der Waals surface area (Å²) in [6.07, 6.45) is 4.34. The van der Waals surface area contributed by atoms with Gasteiger partial charge in [0.2, 0.25) is 17.7 Å². The van der Waals surface area contributed by atoms with Crippen LogP contribution in [0, 0.1) is 5.82 Å². The zero-order valence-electron chi connectivity index (χ0n) is 16.0. The molecule has 8 nitrogen and oxygen atoms in total. The lowest BCUT2D eigenvalue weighted by Crippen LogP contribution is -2.32. The Bertz CT molecular complexity index is 955. The number of carbonyl (C=O) groups excluding carboxylic acids is 3. The van der Waals surface area contributed by atoms with E-state index in [0.717, 1.165) is 43.0 Å². The Kier molecular flexibility index (Phi) is 5.37. The average molecular weight is 399 g/mol. The van der Waals surface area contributed by atoms with E-state index in [1.54, 1.807) is 6.07 Å². The number of anilines is 1. The Morgan fingerprint density at radius 3 is 2.66 bits per heavy atom. The molecule has 4 rings (SSSR count). The molecule has 0 atom stereocenters. The molecule has 1 N–H and O–H groups in total. The second-order valence-corrected chi connectivity index (χ2v) is 7.33. The van der Waals surface area contributed by atoms with E-state index in [-0.39, 0.29) is 49.1 Å². The molecule has 29 heavy (non-hydrogen) atoms. The minimum atomic E-state index is -0.435. The first-order valence-corrected chi connectivity index (χ1v) is 9.88. The zero-order valence-corrected chi connectivity index (χ0v) is 16.0. The Hall–Kier alpha value is -3.10. The Balaban J connectivity index is 1.47. The van der Waals surface area contributed by atoms with Gasteiger partial charge in [0.05, 0.1) is 5.56 Å². The Morgan fingerprint density at radius 2 is 1.86 bits per heavy atom. The van der Waals surface area contributed by atoms with Crippen molar-refractivity contribution in [3.63, 3.8) is 0 Å². The van der Waals surface area contributed by atoms with Crippen molar-refractivity contribution >= 4 is 23.4 Å². The maximum atomic E-state index is 14.5. The van der Waals surface area contributed by atoms with Gasteiger partial charge in [-0.15, -0.1) is 10.2 Å². The topological polar surface area (TPSA) is 97.2 Å². The molecule has 3 heterocycles. The molecule has 2 aliphatic rings.